The van der Waals surface area contributed by atoms with Gasteiger partial charge in [-0.15, -0.1) is 0 Å². The molecule has 6 nitrogen and oxygen atoms in total. The van der Waals surface area contributed by atoms with Crippen molar-refractivity contribution in [2.45, 2.75) is 31.1 Å². The molecule has 2 aromatic carbocycles. The fourth-order valence-electron chi connectivity index (χ4n) is 3.30. The lowest BCUT2D eigenvalue weighted by Crippen LogP contribution is -2.33. The zero-order valence-corrected chi connectivity index (χ0v) is 20.9. The minimum Gasteiger partial charge on any atom is -0.309 e. The summed E-state index contributed by atoms with van der Waals surface area (Å²) in [4.78, 5) is 21.7. The number of fused-ring (bicyclic) bond motifs is 1. The number of rotatable bonds is 10. The van der Waals surface area contributed by atoms with Gasteiger partial charge in [-0.2, -0.15) is 0 Å². The van der Waals surface area contributed by atoms with Gasteiger partial charge >= 0.3 is 0 Å². The van der Waals surface area contributed by atoms with Crippen LogP contribution < -0.4 is 4.90 Å². The number of benzene rings is 2. The molecule has 0 radical (unpaired) electrons. The second-order valence-electron chi connectivity index (χ2n) is 8.02. The molecule has 0 fully saturated rings. The molecule has 0 aliphatic rings. The van der Waals surface area contributed by atoms with E-state index in [-0.39, 0.29) is 24.5 Å². The van der Waals surface area contributed by atoms with E-state index in [2.05, 4.69) is 9.88 Å². The Hall–Kier alpha value is -2.00. The second-order valence-corrected chi connectivity index (χ2v) is 11.5. The van der Waals surface area contributed by atoms with Crippen molar-refractivity contribution in [1.29, 1.82) is 0 Å². The van der Waals surface area contributed by atoms with Crippen LogP contribution in [0.2, 0.25) is 5.02 Å². The Kier molecular flexibility index (Phi) is 8.27. The van der Waals surface area contributed by atoms with Gasteiger partial charge in [-0.05, 0) is 64.7 Å². The van der Waals surface area contributed by atoms with Gasteiger partial charge in [0.25, 0.3) is 0 Å². The van der Waals surface area contributed by atoms with Crippen molar-refractivity contribution in [2.75, 3.05) is 37.8 Å². The number of anilines is 1. The fourth-order valence-corrected chi connectivity index (χ4v) is 5.92. The maximum atomic E-state index is 13.1. The van der Waals surface area contributed by atoms with Crippen LogP contribution in [0.25, 0.3) is 10.2 Å². The van der Waals surface area contributed by atoms with Crippen LogP contribution in [0.4, 0.5) is 5.13 Å². The summed E-state index contributed by atoms with van der Waals surface area (Å²) in [5.74, 6) is -0.197. The van der Waals surface area contributed by atoms with Gasteiger partial charge in [0, 0.05) is 13.0 Å². The third-order valence-electron chi connectivity index (χ3n) is 5.06. The highest BCUT2D eigenvalue weighted by Gasteiger charge is 2.22. The van der Waals surface area contributed by atoms with E-state index in [1.165, 1.54) is 11.3 Å². The average molecular weight is 494 g/mol. The lowest BCUT2D eigenvalue weighted by Gasteiger charge is -2.21. The summed E-state index contributed by atoms with van der Waals surface area (Å²) >= 11 is 7.69. The third kappa shape index (κ3) is 6.28. The maximum Gasteiger partial charge on any atom is 0.228 e. The molecular weight excluding hydrogens is 466 g/mol. The van der Waals surface area contributed by atoms with Crippen molar-refractivity contribution < 1.29 is 13.2 Å². The van der Waals surface area contributed by atoms with Crippen LogP contribution in [-0.2, 0) is 14.6 Å². The number of hydrogen-bond acceptors (Lipinski definition) is 6. The highest BCUT2D eigenvalue weighted by molar-refractivity contribution is 7.91. The first kappa shape index (κ1) is 24.6. The monoisotopic (exact) mass is 493 g/mol. The Labute approximate surface area is 198 Å². The van der Waals surface area contributed by atoms with Crippen LogP contribution >= 0.6 is 22.9 Å². The average Bonchev–Trinajstić information content (AvgIpc) is 3.16. The minimum atomic E-state index is -3.43. The van der Waals surface area contributed by atoms with E-state index < -0.39 is 9.84 Å². The first-order valence-corrected chi connectivity index (χ1v) is 13.3. The molecule has 0 N–H and O–H groups in total. The molecule has 0 bridgehead atoms. The molecule has 3 aromatic rings. The summed E-state index contributed by atoms with van der Waals surface area (Å²) in [5.41, 5.74) is 1.69. The molecule has 0 saturated carbocycles. The summed E-state index contributed by atoms with van der Waals surface area (Å²) in [6.45, 7) is 3.26. The van der Waals surface area contributed by atoms with Gasteiger partial charge in [-0.25, -0.2) is 13.4 Å². The zero-order chi connectivity index (χ0) is 23.3. The van der Waals surface area contributed by atoms with E-state index in [9.17, 15) is 13.2 Å². The Bertz CT molecular complexity index is 1170. The van der Waals surface area contributed by atoms with E-state index in [0.29, 0.717) is 27.1 Å². The maximum absolute atomic E-state index is 13.1. The predicted octanol–water partition coefficient (Wildman–Crippen LogP) is 4.80. The molecule has 172 valence electrons. The Morgan fingerprint density at radius 3 is 2.44 bits per heavy atom. The molecule has 0 spiro atoms. The summed E-state index contributed by atoms with van der Waals surface area (Å²) in [5, 5.41) is 1.15. The molecule has 0 aliphatic heterocycles. The molecule has 3 rings (SSSR count). The van der Waals surface area contributed by atoms with E-state index in [0.717, 1.165) is 23.2 Å². The van der Waals surface area contributed by atoms with Crippen LogP contribution in [-0.4, -0.2) is 57.1 Å². The zero-order valence-electron chi connectivity index (χ0n) is 18.5. The first-order chi connectivity index (χ1) is 15.2. The molecule has 1 amide bonds. The van der Waals surface area contributed by atoms with Crippen LogP contribution in [0.15, 0.2) is 47.4 Å². The van der Waals surface area contributed by atoms with Crippen LogP contribution in [0, 0.1) is 6.92 Å². The second kappa shape index (κ2) is 10.7. The summed E-state index contributed by atoms with van der Waals surface area (Å²) in [7, 11) is 0.546. The third-order valence-corrected chi connectivity index (χ3v) is 8.23. The van der Waals surface area contributed by atoms with Crippen LogP contribution in [0.3, 0.4) is 0 Å². The van der Waals surface area contributed by atoms with Crippen LogP contribution in [0.1, 0.15) is 24.8 Å². The number of carbonyl (C=O) groups excluding carboxylic acids is 1. The number of carbonyl (C=O) groups is 1. The van der Waals surface area contributed by atoms with Crippen molar-refractivity contribution in [2.24, 2.45) is 0 Å². The standard InChI is InChI=1S/C23H28ClN3O3S2/c1-17-10-12-18(13-11-17)32(29,30)16-5-9-21(28)27(15-6-14-26(2)3)23-25-22-19(24)7-4-8-20(22)31-23/h4,7-8,10-13H,5-6,9,14-16H2,1-3H3. The summed E-state index contributed by atoms with van der Waals surface area (Å²) < 4.78 is 26.1. The first-order valence-electron chi connectivity index (χ1n) is 10.5. The molecule has 1 heterocycles. The smallest absolute Gasteiger partial charge is 0.228 e. The number of halogens is 1. The van der Waals surface area contributed by atoms with Gasteiger partial charge in [0.05, 0.1) is 20.4 Å². The van der Waals surface area contributed by atoms with Gasteiger partial charge in [0.1, 0.15) is 5.52 Å². The van der Waals surface area contributed by atoms with Gasteiger partial charge in [-0.3, -0.25) is 9.69 Å². The number of aromatic nitrogens is 1. The largest absolute Gasteiger partial charge is 0.309 e. The van der Waals surface area contributed by atoms with Crippen molar-refractivity contribution in [1.82, 2.24) is 9.88 Å². The normalized spacial score (nSPS) is 11.9. The van der Waals surface area contributed by atoms with Crippen LogP contribution in [0.5, 0.6) is 0 Å². The van der Waals surface area contributed by atoms with Gasteiger partial charge < -0.3 is 4.90 Å². The number of amides is 1. The Morgan fingerprint density at radius 2 is 1.78 bits per heavy atom. The number of hydrogen-bond donors (Lipinski definition) is 0. The number of aryl methyl sites for hydroxylation is 1. The SMILES string of the molecule is Cc1ccc(S(=O)(=O)CCCC(=O)N(CCCN(C)C)c2nc3c(Cl)cccc3s2)cc1. The van der Waals surface area contributed by atoms with Crippen molar-refractivity contribution in [3.8, 4) is 0 Å². The van der Waals surface area contributed by atoms with Gasteiger partial charge in [0.2, 0.25) is 5.91 Å². The van der Waals surface area contributed by atoms with Crippen molar-refractivity contribution in [3.05, 3.63) is 53.1 Å². The molecule has 32 heavy (non-hydrogen) atoms. The fraction of sp³-hybridized carbons (Fsp3) is 0.391. The lowest BCUT2D eigenvalue weighted by atomic mass is 10.2. The molecule has 0 unspecified atom stereocenters. The lowest BCUT2D eigenvalue weighted by molar-refractivity contribution is -0.118. The topological polar surface area (TPSA) is 70.6 Å². The number of sulfone groups is 1. The molecule has 0 aliphatic carbocycles. The van der Waals surface area contributed by atoms with Gasteiger partial charge in [-0.1, -0.05) is 46.7 Å². The molecular formula is C23H28ClN3O3S2. The van der Waals surface area contributed by atoms with Crippen molar-refractivity contribution in [3.63, 3.8) is 0 Å². The molecule has 0 atom stereocenters. The van der Waals surface area contributed by atoms with E-state index in [1.54, 1.807) is 35.2 Å². The number of nitrogens with zero attached hydrogens (tertiary/aromatic N) is 3. The highest BCUT2D eigenvalue weighted by Crippen LogP contribution is 2.33. The number of para-hydroxylation sites is 1. The summed E-state index contributed by atoms with van der Waals surface area (Å²) in [6, 6.07) is 12.4. The molecule has 0 saturated heterocycles. The Balaban J connectivity index is 1.71. The quantitative estimate of drug-likeness (QED) is 0.406. The van der Waals surface area contributed by atoms with E-state index in [1.807, 2.05) is 33.2 Å². The highest BCUT2D eigenvalue weighted by atomic mass is 35.5. The number of thiazole rings is 1. The van der Waals surface area contributed by atoms with Crippen molar-refractivity contribution >= 4 is 54.0 Å². The van der Waals surface area contributed by atoms with Gasteiger partial charge in [0.15, 0.2) is 15.0 Å². The Morgan fingerprint density at radius 1 is 1.06 bits per heavy atom. The predicted molar refractivity (Wildman–Crippen MR) is 133 cm³/mol. The molecule has 1 aromatic heterocycles. The minimum absolute atomic E-state index is 0.0704. The molecule has 9 heteroatoms. The van der Waals surface area contributed by atoms with E-state index in [4.69, 9.17) is 11.6 Å². The summed E-state index contributed by atoms with van der Waals surface area (Å²) in [6.07, 6.45) is 1.17. The van der Waals surface area contributed by atoms with E-state index >= 15 is 0 Å².